The number of rotatable bonds is 5. The highest BCUT2D eigenvalue weighted by Gasteiger charge is 2.51. The Morgan fingerprint density at radius 3 is 2.46 bits per heavy atom. The third kappa shape index (κ3) is 3.87. The number of aromatic nitrogens is 1. The van der Waals surface area contributed by atoms with Crippen LogP contribution in [0.2, 0.25) is 0 Å². The van der Waals surface area contributed by atoms with Crippen molar-refractivity contribution in [1.82, 2.24) is 4.98 Å². The Balaban J connectivity index is 2.40. The fourth-order valence-corrected chi connectivity index (χ4v) is 2.30. The molecule has 1 N–H and O–H groups in total. The van der Waals surface area contributed by atoms with Crippen LogP contribution >= 0.6 is 0 Å². The van der Waals surface area contributed by atoms with Gasteiger partial charge in [0.2, 0.25) is 5.88 Å². The number of ether oxygens (including phenoxy) is 1. The second-order valence-electron chi connectivity index (χ2n) is 5.86. The number of benzene rings is 1. The fourth-order valence-electron chi connectivity index (χ4n) is 2.30. The van der Waals surface area contributed by atoms with E-state index in [0.717, 1.165) is 19.0 Å². The van der Waals surface area contributed by atoms with E-state index in [1.165, 1.54) is 18.2 Å². The lowest BCUT2D eigenvalue weighted by molar-refractivity contribution is -0.258. The molecule has 2 aromatic rings. The molecule has 0 aliphatic heterocycles. The maximum atomic E-state index is 13.0. The summed E-state index contributed by atoms with van der Waals surface area (Å²) in [5, 5.41) is 9.85. The van der Waals surface area contributed by atoms with Gasteiger partial charge >= 0.3 is 6.18 Å². The topological polar surface area (TPSA) is 42.4 Å². The van der Waals surface area contributed by atoms with Crippen LogP contribution in [0, 0.1) is 6.92 Å². The lowest BCUT2D eigenvalue weighted by Crippen LogP contribution is -2.39. The van der Waals surface area contributed by atoms with Crippen molar-refractivity contribution in [3.05, 3.63) is 53.2 Å². The number of halogens is 3. The van der Waals surface area contributed by atoms with Crippen LogP contribution in [0.25, 0.3) is 0 Å². The van der Waals surface area contributed by atoms with Gasteiger partial charge in [-0.1, -0.05) is 25.5 Å². The van der Waals surface area contributed by atoms with Crippen molar-refractivity contribution in [2.75, 3.05) is 0 Å². The number of hydrogen-bond acceptors (Lipinski definition) is 3. The first-order valence-electron chi connectivity index (χ1n) is 7.69. The molecule has 0 saturated carbocycles. The highest BCUT2D eigenvalue weighted by Crippen LogP contribution is 2.40. The second-order valence-corrected chi connectivity index (χ2v) is 5.86. The van der Waals surface area contributed by atoms with Crippen LogP contribution in [-0.4, -0.2) is 16.3 Å². The molecular weight excluding hydrogens is 319 g/mol. The number of aryl methyl sites for hydroxylation is 2. The van der Waals surface area contributed by atoms with Crippen LogP contribution in [0.5, 0.6) is 11.6 Å². The van der Waals surface area contributed by atoms with Crippen molar-refractivity contribution in [2.45, 2.75) is 45.4 Å². The predicted molar refractivity (Wildman–Crippen MR) is 85.1 cm³/mol. The van der Waals surface area contributed by atoms with Gasteiger partial charge in [-0.25, -0.2) is 4.98 Å². The molecule has 0 bridgehead atoms. The molecule has 2 rings (SSSR count). The third-order valence-electron chi connectivity index (χ3n) is 3.77. The smallest absolute Gasteiger partial charge is 0.421 e. The van der Waals surface area contributed by atoms with Gasteiger partial charge in [-0.05, 0) is 49.6 Å². The van der Waals surface area contributed by atoms with Crippen molar-refractivity contribution in [2.24, 2.45) is 0 Å². The Kier molecular flexibility index (Phi) is 5.18. The molecule has 0 aliphatic rings. The van der Waals surface area contributed by atoms with E-state index >= 15 is 0 Å². The van der Waals surface area contributed by atoms with Crippen molar-refractivity contribution in [1.29, 1.82) is 0 Å². The minimum Gasteiger partial charge on any atom is -0.439 e. The van der Waals surface area contributed by atoms with Crippen molar-refractivity contribution >= 4 is 0 Å². The van der Waals surface area contributed by atoms with E-state index in [0.29, 0.717) is 23.6 Å². The molecule has 1 aromatic heterocycles. The summed E-state index contributed by atoms with van der Waals surface area (Å²) in [6, 6.07) is 9.33. The number of nitrogens with zero attached hydrogens (tertiary/aromatic N) is 1. The Labute approximate surface area is 139 Å². The number of pyridine rings is 1. The van der Waals surface area contributed by atoms with Gasteiger partial charge in [-0.3, -0.25) is 0 Å². The third-order valence-corrected chi connectivity index (χ3v) is 3.77. The van der Waals surface area contributed by atoms with Gasteiger partial charge in [0.05, 0.1) is 0 Å². The molecule has 24 heavy (non-hydrogen) atoms. The molecule has 1 heterocycles. The molecule has 0 fully saturated rings. The minimum absolute atomic E-state index is 0.206. The summed E-state index contributed by atoms with van der Waals surface area (Å²) >= 11 is 0. The number of alkyl halides is 3. The average molecular weight is 339 g/mol. The summed E-state index contributed by atoms with van der Waals surface area (Å²) in [6.07, 6.45) is -3.49. The summed E-state index contributed by atoms with van der Waals surface area (Å²) in [4.78, 5) is 4.23. The predicted octanol–water partition coefficient (Wildman–Crippen LogP) is 4.90. The molecule has 0 radical (unpaired) electrons. The maximum absolute atomic E-state index is 13.0. The van der Waals surface area contributed by atoms with Crippen molar-refractivity contribution in [3.8, 4) is 11.6 Å². The van der Waals surface area contributed by atoms with Gasteiger partial charge in [0.1, 0.15) is 5.75 Å². The zero-order valence-electron chi connectivity index (χ0n) is 13.8. The molecule has 6 heteroatoms. The summed E-state index contributed by atoms with van der Waals surface area (Å²) in [7, 11) is 0. The van der Waals surface area contributed by atoms with Gasteiger partial charge in [0.25, 0.3) is 0 Å². The van der Waals surface area contributed by atoms with E-state index in [1.807, 2.05) is 19.9 Å². The summed E-state index contributed by atoms with van der Waals surface area (Å²) < 4.78 is 44.8. The first-order chi connectivity index (χ1) is 11.1. The van der Waals surface area contributed by atoms with E-state index in [-0.39, 0.29) is 5.56 Å². The van der Waals surface area contributed by atoms with Gasteiger partial charge in [0, 0.05) is 11.8 Å². The maximum Gasteiger partial charge on any atom is 0.421 e. The first-order valence-corrected chi connectivity index (χ1v) is 7.69. The lowest BCUT2D eigenvalue weighted by Gasteiger charge is -2.27. The van der Waals surface area contributed by atoms with Crippen LogP contribution < -0.4 is 4.74 Å². The number of aliphatic hydroxyl groups is 1. The Morgan fingerprint density at radius 1 is 1.17 bits per heavy atom. The lowest BCUT2D eigenvalue weighted by atomic mass is 9.92. The molecule has 1 aromatic carbocycles. The standard InChI is InChI=1S/C18H20F3NO2/c1-4-6-13-11-14(17(3,23)18(19,20)21)9-10-15(13)24-16-8-5-7-12(2)22-16/h5,7-11,23H,4,6H2,1-3H3. The zero-order chi connectivity index (χ0) is 18.0. The molecule has 0 amide bonds. The van der Waals surface area contributed by atoms with Gasteiger partial charge in [-0.15, -0.1) is 0 Å². The molecule has 3 nitrogen and oxygen atoms in total. The average Bonchev–Trinajstić information content (AvgIpc) is 2.48. The fraction of sp³-hybridized carbons (Fsp3) is 0.389. The Hall–Kier alpha value is -2.08. The van der Waals surface area contributed by atoms with Crippen molar-refractivity contribution < 1.29 is 23.0 Å². The first kappa shape index (κ1) is 18.3. The number of hydrogen-bond donors (Lipinski definition) is 1. The normalized spacial score (nSPS) is 14.3. The molecule has 0 spiro atoms. The van der Waals surface area contributed by atoms with Crippen LogP contribution in [0.4, 0.5) is 13.2 Å². The molecular formula is C18H20F3NO2. The van der Waals surface area contributed by atoms with E-state index in [1.54, 1.807) is 12.1 Å². The zero-order valence-corrected chi connectivity index (χ0v) is 13.8. The summed E-state index contributed by atoms with van der Waals surface area (Å²) in [6.45, 7) is 4.49. The van der Waals surface area contributed by atoms with Crippen LogP contribution in [0.3, 0.4) is 0 Å². The second kappa shape index (κ2) is 6.81. The van der Waals surface area contributed by atoms with E-state index < -0.39 is 11.8 Å². The quantitative estimate of drug-likeness (QED) is 0.842. The van der Waals surface area contributed by atoms with E-state index in [9.17, 15) is 18.3 Å². The summed E-state index contributed by atoms with van der Waals surface area (Å²) in [5.74, 6) is 0.819. The largest absolute Gasteiger partial charge is 0.439 e. The summed E-state index contributed by atoms with van der Waals surface area (Å²) in [5.41, 5.74) is -1.73. The van der Waals surface area contributed by atoms with Gasteiger partial charge in [-0.2, -0.15) is 13.2 Å². The minimum atomic E-state index is -4.75. The van der Waals surface area contributed by atoms with Crippen LogP contribution in [0.15, 0.2) is 36.4 Å². The molecule has 1 unspecified atom stereocenters. The molecule has 0 saturated heterocycles. The SMILES string of the molecule is CCCc1cc(C(C)(O)C(F)(F)F)ccc1Oc1cccc(C)n1. The molecule has 0 aliphatic carbocycles. The Morgan fingerprint density at radius 2 is 1.88 bits per heavy atom. The van der Waals surface area contributed by atoms with E-state index in [2.05, 4.69) is 4.98 Å². The molecule has 130 valence electrons. The van der Waals surface area contributed by atoms with Crippen LogP contribution in [-0.2, 0) is 12.0 Å². The van der Waals surface area contributed by atoms with E-state index in [4.69, 9.17) is 4.74 Å². The molecule has 1 atom stereocenters. The monoisotopic (exact) mass is 339 g/mol. The van der Waals surface area contributed by atoms with Crippen molar-refractivity contribution in [3.63, 3.8) is 0 Å². The van der Waals surface area contributed by atoms with Gasteiger partial charge < -0.3 is 9.84 Å². The Bertz CT molecular complexity index is 712. The highest BCUT2D eigenvalue weighted by atomic mass is 19.4. The highest BCUT2D eigenvalue weighted by molar-refractivity contribution is 5.41. The van der Waals surface area contributed by atoms with Gasteiger partial charge in [0.15, 0.2) is 5.60 Å². The van der Waals surface area contributed by atoms with Crippen LogP contribution in [0.1, 0.15) is 37.1 Å².